The van der Waals surface area contributed by atoms with Crippen LogP contribution in [0.2, 0.25) is 0 Å². The van der Waals surface area contributed by atoms with E-state index in [0.717, 1.165) is 0 Å². The highest BCUT2D eigenvalue weighted by molar-refractivity contribution is 5.31. The zero-order valence-electron chi connectivity index (χ0n) is 10.3. The minimum Gasteiger partial charge on any atom is -0.478 e. The van der Waals surface area contributed by atoms with Crippen LogP contribution in [0.5, 0.6) is 5.75 Å². The molecule has 1 heterocycles. The maximum absolute atomic E-state index is 13.7. The van der Waals surface area contributed by atoms with Crippen molar-refractivity contribution in [3.63, 3.8) is 0 Å². The molecule has 0 amide bonds. The van der Waals surface area contributed by atoms with Gasteiger partial charge < -0.3 is 14.9 Å². The summed E-state index contributed by atoms with van der Waals surface area (Å²) >= 11 is 0. The molecule has 5 nitrogen and oxygen atoms in total. The van der Waals surface area contributed by atoms with E-state index < -0.39 is 17.4 Å². The van der Waals surface area contributed by atoms with Gasteiger partial charge in [-0.25, -0.2) is 8.78 Å². The fourth-order valence-corrected chi connectivity index (χ4v) is 1.59. The maximum atomic E-state index is 13.7. The molecule has 7 heteroatoms. The molecule has 2 rings (SSSR count). The second-order valence-electron chi connectivity index (χ2n) is 3.93. The lowest BCUT2D eigenvalue weighted by Crippen LogP contribution is -2.05. The van der Waals surface area contributed by atoms with Crippen molar-refractivity contribution in [3.05, 3.63) is 41.1 Å². The zero-order chi connectivity index (χ0) is 13.8. The molecule has 2 aromatic rings. The van der Waals surface area contributed by atoms with E-state index in [1.165, 1.54) is 12.1 Å². The molecule has 0 radical (unpaired) electrons. The van der Waals surface area contributed by atoms with E-state index in [1.54, 1.807) is 6.92 Å². The Balaban J connectivity index is 2.11. The van der Waals surface area contributed by atoms with Gasteiger partial charge in [-0.3, -0.25) is 0 Å². The van der Waals surface area contributed by atoms with E-state index in [9.17, 15) is 8.78 Å². The maximum Gasteiger partial charge on any atom is 0.253 e. The predicted molar refractivity (Wildman–Crippen MR) is 62.5 cm³/mol. The normalized spacial score (nSPS) is 10.7. The van der Waals surface area contributed by atoms with E-state index >= 15 is 0 Å². The number of rotatable bonds is 5. The summed E-state index contributed by atoms with van der Waals surface area (Å²) in [6, 6.07) is 2.40. The van der Waals surface area contributed by atoms with Gasteiger partial charge in [0.1, 0.15) is 0 Å². The van der Waals surface area contributed by atoms with Crippen molar-refractivity contribution < 1.29 is 17.9 Å². The van der Waals surface area contributed by atoms with Gasteiger partial charge in [-0.1, -0.05) is 0 Å². The first-order valence-electron chi connectivity index (χ1n) is 5.70. The Bertz CT molecular complexity index is 549. The Hall–Kier alpha value is -2.02. The number of ether oxygens (including phenoxy) is 1. The molecule has 0 aliphatic rings. The van der Waals surface area contributed by atoms with Gasteiger partial charge in [-0.2, -0.15) is 0 Å². The van der Waals surface area contributed by atoms with Crippen LogP contribution in [-0.4, -0.2) is 16.7 Å². The van der Waals surface area contributed by atoms with Crippen LogP contribution in [0.3, 0.4) is 0 Å². The van der Waals surface area contributed by atoms with Gasteiger partial charge in [-0.05, 0) is 30.7 Å². The van der Waals surface area contributed by atoms with Gasteiger partial charge in [0.15, 0.2) is 24.0 Å². The number of hydrogen-bond acceptors (Lipinski definition) is 5. The average Bonchev–Trinajstić information content (AvgIpc) is 2.74. The fraction of sp³-hybridized carbons (Fsp3) is 0.333. The van der Waals surface area contributed by atoms with Crippen LogP contribution in [0.25, 0.3) is 0 Å². The molecule has 0 aliphatic heterocycles. The van der Waals surface area contributed by atoms with Crippen LogP contribution in [0.4, 0.5) is 8.78 Å². The van der Waals surface area contributed by atoms with Crippen molar-refractivity contribution in [3.8, 4) is 5.75 Å². The first-order valence-corrected chi connectivity index (χ1v) is 5.70. The highest BCUT2D eigenvalue weighted by atomic mass is 19.1. The highest BCUT2D eigenvalue weighted by Crippen LogP contribution is 2.24. The number of hydrogen-bond donors (Lipinski definition) is 1. The van der Waals surface area contributed by atoms with Crippen LogP contribution in [0, 0.1) is 18.6 Å². The second-order valence-corrected chi connectivity index (χ2v) is 3.93. The minimum atomic E-state index is -0.778. The average molecular weight is 269 g/mol. The molecule has 2 N–H and O–H groups in total. The van der Waals surface area contributed by atoms with Gasteiger partial charge >= 0.3 is 0 Å². The predicted octanol–water partition coefficient (Wildman–Crippen LogP) is 1.74. The Kier molecular flexibility index (Phi) is 4.06. The summed E-state index contributed by atoms with van der Waals surface area (Å²) in [7, 11) is 0. The quantitative estimate of drug-likeness (QED) is 0.894. The molecule has 0 saturated carbocycles. The monoisotopic (exact) mass is 269 g/mol. The van der Waals surface area contributed by atoms with E-state index in [4.69, 9.17) is 14.9 Å². The Morgan fingerprint density at radius 1 is 1.26 bits per heavy atom. The van der Waals surface area contributed by atoms with Crippen molar-refractivity contribution in [2.45, 2.75) is 20.0 Å². The number of nitrogens with two attached hydrogens (primary N) is 1. The Labute approximate surface area is 108 Å². The van der Waals surface area contributed by atoms with Crippen LogP contribution in [0.1, 0.15) is 17.3 Å². The first kappa shape index (κ1) is 13.4. The third-order valence-corrected chi connectivity index (χ3v) is 2.40. The van der Waals surface area contributed by atoms with Crippen molar-refractivity contribution in [2.75, 3.05) is 6.54 Å². The van der Waals surface area contributed by atoms with E-state index in [1.807, 2.05) is 0 Å². The molecular formula is C12H13F2N3O2. The summed E-state index contributed by atoms with van der Waals surface area (Å²) in [5.41, 5.74) is 5.82. The van der Waals surface area contributed by atoms with E-state index in [-0.39, 0.29) is 12.5 Å². The molecular weight excluding hydrogens is 256 g/mol. The number of halogens is 2. The molecule has 102 valence electrons. The fourth-order valence-electron chi connectivity index (χ4n) is 1.59. The van der Waals surface area contributed by atoms with Crippen LogP contribution in [-0.2, 0) is 13.0 Å². The van der Waals surface area contributed by atoms with Gasteiger partial charge in [0.05, 0.1) is 0 Å². The minimum absolute atomic E-state index is 0.155. The summed E-state index contributed by atoms with van der Waals surface area (Å²) in [5.74, 6) is -1.50. The molecule has 19 heavy (non-hydrogen) atoms. The third kappa shape index (κ3) is 3.25. The van der Waals surface area contributed by atoms with E-state index in [0.29, 0.717) is 24.4 Å². The molecule has 0 bridgehead atoms. The van der Waals surface area contributed by atoms with Gasteiger partial charge in [0, 0.05) is 6.92 Å². The Morgan fingerprint density at radius 3 is 2.47 bits per heavy atom. The van der Waals surface area contributed by atoms with Crippen molar-refractivity contribution in [2.24, 2.45) is 5.73 Å². The number of nitrogens with zero attached hydrogens (tertiary/aromatic N) is 2. The van der Waals surface area contributed by atoms with Crippen LogP contribution in [0.15, 0.2) is 16.5 Å². The second kappa shape index (κ2) is 5.75. The zero-order valence-corrected chi connectivity index (χ0v) is 10.3. The summed E-state index contributed by atoms with van der Waals surface area (Å²) in [6.07, 6.45) is 0.400. The number of benzene rings is 1. The summed E-state index contributed by atoms with van der Waals surface area (Å²) < 4.78 is 37.4. The molecule has 0 saturated heterocycles. The molecule has 0 spiro atoms. The van der Waals surface area contributed by atoms with E-state index in [2.05, 4.69) is 10.2 Å². The highest BCUT2D eigenvalue weighted by Gasteiger charge is 2.14. The Morgan fingerprint density at radius 2 is 1.95 bits per heavy atom. The number of aromatic nitrogens is 2. The molecule has 1 aromatic carbocycles. The standard InChI is InChI=1S/C12H13F2N3O2/c1-7-16-17-11(19-7)6-18-12-9(13)4-8(2-3-15)5-10(12)14/h4-5H,2-3,6,15H2,1H3. The van der Waals surface area contributed by atoms with Gasteiger partial charge in [0.25, 0.3) is 5.89 Å². The van der Waals surface area contributed by atoms with Crippen LogP contribution >= 0.6 is 0 Å². The van der Waals surface area contributed by atoms with Gasteiger partial charge in [-0.15, -0.1) is 10.2 Å². The summed E-state index contributed by atoms with van der Waals surface area (Å²) in [6.45, 7) is 1.74. The smallest absolute Gasteiger partial charge is 0.253 e. The van der Waals surface area contributed by atoms with Crippen molar-refractivity contribution >= 4 is 0 Å². The third-order valence-electron chi connectivity index (χ3n) is 2.40. The van der Waals surface area contributed by atoms with Gasteiger partial charge in [0.2, 0.25) is 5.89 Å². The first-order chi connectivity index (χ1) is 9.10. The van der Waals surface area contributed by atoms with Crippen LogP contribution < -0.4 is 10.5 Å². The summed E-state index contributed by atoms with van der Waals surface area (Å²) in [4.78, 5) is 0. The topological polar surface area (TPSA) is 74.2 Å². The SMILES string of the molecule is Cc1nnc(COc2c(F)cc(CCN)cc2F)o1. The summed E-state index contributed by atoms with van der Waals surface area (Å²) in [5, 5.41) is 7.25. The molecule has 0 atom stereocenters. The lowest BCUT2D eigenvalue weighted by molar-refractivity contribution is 0.238. The lowest BCUT2D eigenvalue weighted by atomic mass is 10.1. The largest absolute Gasteiger partial charge is 0.478 e. The molecule has 0 fully saturated rings. The van der Waals surface area contributed by atoms with Crippen molar-refractivity contribution in [1.82, 2.24) is 10.2 Å². The molecule has 0 unspecified atom stereocenters. The molecule has 1 aromatic heterocycles. The number of aryl methyl sites for hydroxylation is 1. The van der Waals surface area contributed by atoms with Crippen molar-refractivity contribution in [1.29, 1.82) is 0 Å². The lowest BCUT2D eigenvalue weighted by Gasteiger charge is -2.08. The molecule has 0 aliphatic carbocycles.